The number of hydrogen-bond acceptors (Lipinski definition) is 3. The number of benzene rings is 2. The normalized spacial score (nSPS) is 21.2. The Morgan fingerprint density at radius 2 is 1.59 bits per heavy atom. The van der Waals surface area contributed by atoms with E-state index >= 15 is 0 Å². The van der Waals surface area contributed by atoms with Gasteiger partial charge in [-0.15, -0.1) is 0 Å². The van der Waals surface area contributed by atoms with E-state index in [-0.39, 0.29) is 23.6 Å². The summed E-state index contributed by atoms with van der Waals surface area (Å²) >= 11 is 0. The van der Waals surface area contributed by atoms with Crippen molar-refractivity contribution in [2.24, 2.45) is 0 Å². The Kier molecular flexibility index (Phi) is 7.89. The average Bonchev–Trinajstić information content (AvgIpc) is 3.24. The van der Waals surface area contributed by atoms with Gasteiger partial charge in [-0.05, 0) is 72.9 Å². The van der Waals surface area contributed by atoms with Crippen LogP contribution in [0, 0.1) is 5.82 Å². The average molecular weight is 526 g/mol. The van der Waals surface area contributed by atoms with Crippen LogP contribution >= 0.6 is 0 Å². The van der Waals surface area contributed by atoms with Gasteiger partial charge in [0.15, 0.2) is 0 Å². The lowest BCUT2D eigenvalue weighted by atomic mass is 9.91. The van der Waals surface area contributed by atoms with Crippen molar-refractivity contribution < 1.29 is 35.5 Å². The molecule has 0 saturated heterocycles. The van der Waals surface area contributed by atoms with Crippen molar-refractivity contribution in [1.82, 2.24) is 10.3 Å². The van der Waals surface area contributed by atoms with Crippen molar-refractivity contribution in [3.05, 3.63) is 101 Å². The molecule has 0 amide bonds. The van der Waals surface area contributed by atoms with Crippen LogP contribution in [0.3, 0.4) is 0 Å². The van der Waals surface area contributed by atoms with E-state index in [9.17, 15) is 30.7 Å². The molecule has 1 aliphatic rings. The summed E-state index contributed by atoms with van der Waals surface area (Å²) in [6.45, 7) is 1.94. The maximum atomic E-state index is 13.6. The van der Waals surface area contributed by atoms with E-state index in [1.807, 2.05) is 6.07 Å². The van der Waals surface area contributed by atoms with E-state index in [0.29, 0.717) is 31.5 Å². The fourth-order valence-corrected chi connectivity index (χ4v) is 4.78. The quantitative estimate of drug-likeness (QED) is 0.325. The molecule has 4 atom stereocenters. The summed E-state index contributed by atoms with van der Waals surface area (Å²) < 4.78 is 99.8. The molecule has 1 aliphatic carbocycles. The zero-order chi connectivity index (χ0) is 26.8. The fourth-order valence-electron chi connectivity index (χ4n) is 4.78. The van der Waals surface area contributed by atoms with E-state index in [4.69, 9.17) is 4.74 Å². The molecule has 3 nitrogen and oxygen atoms in total. The molecular weight excluding hydrogens is 501 g/mol. The van der Waals surface area contributed by atoms with Crippen molar-refractivity contribution in [3.63, 3.8) is 0 Å². The van der Waals surface area contributed by atoms with Crippen molar-refractivity contribution in [1.29, 1.82) is 0 Å². The second-order valence-electron chi connectivity index (χ2n) is 9.16. The third-order valence-electron chi connectivity index (χ3n) is 6.60. The van der Waals surface area contributed by atoms with Crippen molar-refractivity contribution in [2.75, 3.05) is 0 Å². The molecule has 0 radical (unpaired) electrons. The highest BCUT2D eigenvalue weighted by Gasteiger charge is 2.40. The Morgan fingerprint density at radius 1 is 0.946 bits per heavy atom. The topological polar surface area (TPSA) is 34.1 Å². The molecule has 0 aliphatic heterocycles. The predicted molar refractivity (Wildman–Crippen MR) is 123 cm³/mol. The van der Waals surface area contributed by atoms with Crippen LogP contribution in [0.25, 0.3) is 0 Å². The summed E-state index contributed by atoms with van der Waals surface area (Å²) in [4.78, 5) is 4.09. The molecule has 3 aromatic rings. The second kappa shape index (κ2) is 10.8. The molecule has 0 spiro atoms. The Morgan fingerprint density at radius 3 is 2.16 bits per heavy atom. The van der Waals surface area contributed by atoms with E-state index in [1.165, 1.54) is 19.1 Å². The van der Waals surface area contributed by atoms with E-state index < -0.39 is 41.5 Å². The SMILES string of the molecule is C[C@@H](O[C@H]1CC[C@@H](NCc2cccnc2)[C@@H]1c1ccc(F)cc1)c1cc(C(F)(F)F)cc(C(F)(F)F)c1. The second-order valence-corrected chi connectivity index (χ2v) is 9.16. The first-order chi connectivity index (χ1) is 17.4. The minimum absolute atomic E-state index is 0.103. The summed E-state index contributed by atoms with van der Waals surface area (Å²) in [6.07, 6.45) is -6.91. The first kappa shape index (κ1) is 27.1. The van der Waals surface area contributed by atoms with Gasteiger partial charge in [-0.1, -0.05) is 18.2 Å². The highest BCUT2D eigenvalue weighted by atomic mass is 19.4. The molecule has 1 fully saturated rings. The Balaban J connectivity index is 1.59. The highest BCUT2D eigenvalue weighted by molar-refractivity contribution is 5.35. The standard InChI is InChI=1S/C27H25F7N2O/c1-16(19-11-20(26(29,30)31)13-21(12-19)27(32,33)34)37-24-9-8-23(36-15-17-3-2-10-35-14-17)25(24)18-4-6-22(28)7-5-18/h2-7,10-14,16,23-25,36H,8-9,15H2,1H3/t16-,23-,24+,25+/m1/s1. The number of ether oxygens (including phenoxy) is 1. The Hall–Kier alpha value is -2.98. The predicted octanol–water partition coefficient (Wildman–Crippen LogP) is 7.44. The van der Waals surface area contributed by atoms with Gasteiger partial charge in [-0.2, -0.15) is 26.3 Å². The van der Waals surface area contributed by atoms with Crippen LogP contribution in [0.1, 0.15) is 59.6 Å². The minimum atomic E-state index is -4.94. The van der Waals surface area contributed by atoms with Crippen LogP contribution < -0.4 is 5.32 Å². The summed E-state index contributed by atoms with van der Waals surface area (Å²) in [6, 6.07) is 11.0. The maximum absolute atomic E-state index is 13.6. The smallest absolute Gasteiger partial charge is 0.370 e. The van der Waals surface area contributed by atoms with Crippen LogP contribution in [-0.2, 0) is 23.6 Å². The number of halogens is 7. The molecule has 0 bridgehead atoms. The van der Waals surface area contributed by atoms with E-state index in [0.717, 1.165) is 11.1 Å². The van der Waals surface area contributed by atoms with Crippen molar-refractivity contribution in [2.45, 2.75) is 62.8 Å². The number of nitrogens with zero attached hydrogens (tertiary/aromatic N) is 1. The highest BCUT2D eigenvalue weighted by Crippen LogP contribution is 2.42. The lowest BCUT2D eigenvalue weighted by molar-refractivity contribution is -0.143. The fraction of sp³-hybridized carbons (Fsp3) is 0.370. The van der Waals surface area contributed by atoms with Gasteiger partial charge < -0.3 is 10.1 Å². The Bertz CT molecular complexity index is 1150. The number of pyridine rings is 1. The lowest BCUT2D eigenvalue weighted by Gasteiger charge is -2.29. The molecule has 1 N–H and O–H groups in total. The third-order valence-corrected chi connectivity index (χ3v) is 6.60. The first-order valence-electron chi connectivity index (χ1n) is 11.7. The number of nitrogens with one attached hydrogen (secondary N) is 1. The number of alkyl halides is 6. The molecule has 0 unspecified atom stereocenters. The molecular formula is C27H25F7N2O. The zero-order valence-electron chi connectivity index (χ0n) is 19.8. The lowest BCUT2D eigenvalue weighted by Crippen LogP contribution is -2.34. The van der Waals surface area contributed by atoms with E-state index in [2.05, 4.69) is 10.3 Å². The largest absolute Gasteiger partial charge is 0.416 e. The van der Waals surface area contributed by atoms with Gasteiger partial charge in [0.05, 0.1) is 23.3 Å². The molecule has 4 rings (SSSR count). The van der Waals surface area contributed by atoms with Gasteiger partial charge in [0, 0.05) is 30.9 Å². The van der Waals surface area contributed by atoms with Gasteiger partial charge in [0.25, 0.3) is 0 Å². The maximum Gasteiger partial charge on any atom is 0.416 e. The van der Waals surface area contributed by atoms with Gasteiger partial charge in [0.2, 0.25) is 0 Å². The number of aromatic nitrogens is 1. The first-order valence-corrected chi connectivity index (χ1v) is 11.7. The summed E-state index contributed by atoms with van der Waals surface area (Å²) in [7, 11) is 0. The summed E-state index contributed by atoms with van der Waals surface area (Å²) in [5, 5.41) is 3.45. The van der Waals surface area contributed by atoms with Gasteiger partial charge in [-0.3, -0.25) is 4.98 Å². The molecule has 10 heteroatoms. The molecule has 1 aromatic heterocycles. The van der Waals surface area contributed by atoms with E-state index in [1.54, 1.807) is 30.6 Å². The van der Waals surface area contributed by atoms with Crippen molar-refractivity contribution >= 4 is 0 Å². The van der Waals surface area contributed by atoms with Gasteiger partial charge in [0.1, 0.15) is 5.82 Å². The number of rotatable bonds is 7. The molecule has 1 heterocycles. The van der Waals surface area contributed by atoms with Crippen LogP contribution in [0.15, 0.2) is 67.0 Å². The Labute approximate surface area is 209 Å². The van der Waals surface area contributed by atoms with Crippen LogP contribution in [0.4, 0.5) is 30.7 Å². The monoisotopic (exact) mass is 526 g/mol. The molecule has 1 saturated carbocycles. The van der Waals surface area contributed by atoms with Crippen LogP contribution in [-0.4, -0.2) is 17.1 Å². The summed E-state index contributed by atoms with van der Waals surface area (Å²) in [5.74, 6) is -0.719. The van der Waals surface area contributed by atoms with Gasteiger partial charge in [-0.25, -0.2) is 4.39 Å². The minimum Gasteiger partial charge on any atom is -0.370 e. The van der Waals surface area contributed by atoms with Crippen LogP contribution in [0.5, 0.6) is 0 Å². The number of hydrogen-bond donors (Lipinski definition) is 1. The zero-order valence-corrected chi connectivity index (χ0v) is 19.8. The molecule has 198 valence electrons. The van der Waals surface area contributed by atoms with Crippen molar-refractivity contribution in [3.8, 4) is 0 Å². The third kappa shape index (κ3) is 6.67. The van der Waals surface area contributed by atoms with Gasteiger partial charge >= 0.3 is 12.4 Å². The summed E-state index contributed by atoms with van der Waals surface area (Å²) in [5.41, 5.74) is -1.27. The molecule has 2 aromatic carbocycles. The van der Waals surface area contributed by atoms with Crippen LogP contribution in [0.2, 0.25) is 0 Å². The molecule has 37 heavy (non-hydrogen) atoms.